The fraction of sp³-hybridized carbons (Fsp3) is 0.263. The lowest BCUT2D eigenvalue weighted by atomic mass is 10.1. The van der Waals surface area contributed by atoms with Gasteiger partial charge < -0.3 is 4.74 Å². The van der Waals surface area contributed by atoms with Crippen molar-refractivity contribution in [1.29, 1.82) is 0 Å². The van der Waals surface area contributed by atoms with Gasteiger partial charge in [0, 0.05) is 0 Å². The van der Waals surface area contributed by atoms with Gasteiger partial charge in [0.2, 0.25) is 0 Å². The second kappa shape index (κ2) is 7.39. The van der Waals surface area contributed by atoms with Crippen molar-refractivity contribution in [3.05, 3.63) is 83.6 Å². The van der Waals surface area contributed by atoms with Crippen LogP contribution in [0, 0.1) is 0 Å². The van der Waals surface area contributed by atoms with Gasteiger partial charge in [0.1, 0.15) is 6.10 Å². The number of hydrogen-bond acceptors (Lipinski definition) is 1. The molecule has 0 saturated carbocycles. The van der Waals surface area contributed by atoms with Gasteiger partial charge in [-0.25, -0.2) is 0 Å². The van der Waals surface area contributed by atoms with Crippen molar-refractivity contribution >= 4 is 8.07 Å². The van der Waals surface area contributed by atoms with Crippen LogP contribution in [0.4, 0.5) is 0 Å². The lowest BCUT2D eigenvalue weighted by molar-refractivity contribution is 0.0719. The van der Waals surface area contributed by atoms with Crippen molar-refractivity contribution in [1.82, 2.24) is 0 Å². The first-order valence-corrected chi connectivity index (χ1v) is 11.0. The van der Waals surface area contributed by atoms with Crippen molar-refractivity contribution in [3.63, 3.8) is 0 Å². The van der Waals surface area contributed by atoms with Crippen LogP contribution in [0.5, 0.6) is 0 Å². The summed E-state index contributed by atoms with van der Waals surface area (Å²) in [6.07, 6.45) is 2.25. The van der Waals surface area contributed by atoms with Crippen molar-refractivity contribution in [2.75, 3.05) is 0 Å². The molecule has 21 heavy (non-hydrogen) atoms. The predicted octanol–water partition coefficient (Wildman–Crippen LogP) is 5.38. The first-order valence-electron chi connectivity index (χ1n) is 7.44. The van der Waals surface area contributed by atoms with Gasteiger partial charge in [-0.15, -0.1) is 0 Å². The van der Waals surface area contributed by atoms with Gasteiger partial charge in [-0.2, -0.15) is 0 Å². The van der Waals surface area contributed by atoms with E-state index < -0.39 is 8.07 Å². The van der Waals surface area contributed by atoms with Crippen LogP contribution in [0.25, 0.3) is 0 Å². The fourth-order valence-corrected chi connectivity index (χ4v) is 2.79. The Morgan fingerprint density at radius 3 is 2.05 bits per heavy atom. The molecule has 0 heterocycles. The zero-order valence-corrected chi connectivity index (χ0v) is 14.1. The lowest BCUT2D eigenvalue weighted by Crippen LogP contribution is -2.16. The summed E-state index contributed by atoms with van der Waals surface area (Å²) in [6, 6.07) is 20.8. The predicted molar refractivity (Wildman–Crippen MR) is 92.9 cm³/mol. The molecule has 0 aliphatic carbocycles. The Morgan fingerprint density at radius 1 is 0.905 bits per heavy atom. The minimum absolute atomic E-state index is 0.0260. The summed E-state index contributed by atoms with van der Waals surface area (Å²) in [4.78, 5) is 0. The molecule has 0 aliphatic heterocycles. The Labute approximate surface area is 129 Å². The Balaban J connectivity index is 2.11. The molecule has 1 unspecified atom stereocenters. The third-order valence-corrected chi connectivity index (χ3v) is 4.36. The molecule has 0 bridgehead atoms. The smallest absolute Gasteiger partial charge is 0.101 e. The molecule has 1 nitrogen and oxygen atoms in total. The molecule has 1 atom stereocenters. The van der Waals surface area contributed by atoms with E-state index in [2.05, 4.69) is 67.8 Å². The highest BCUT2D eigenvalue weighted by Crippen LogP contribution is 2.21. The molecule has 0 aliphatic rings. The van der Waals surface area contributed by atoms with E-state index in [4.69, 9.17) is 4.74 Å². The highest BCUT2D eigenvalue weighted by molar-refractivity contribution is 6.80. The van der Waals surface area contributed by atoms with Crippen LogP contribution in [0.1, 0.15) is 17.2 Å². The fourth-order valence-electron chi connectivity index (χ4n) is 2.04. The van der Waals surface area contributed by atoms with Gasteiger partial charge in [-0.1, -0.05) is 92.1 Å². The first kappa shape index (κ1) is 15.7. The third kappa shape index (κ3) is 5.70. The summed E-state index contributed by atoms with van der Waals surface area (Å²) < 4.78 is 6.15. The van der Waals surface area contributed by atoms with E-state index in [0.717, 1.165) is 0 Å². The van der Waals surface area contributed by atoms with E-state index in [1.165, 1.54) is 11.1 Å². The van der Waals surface area contributed by atoms with Gasteiger partial charge >= 0.3 is 0 Å². The van der Waals surface area contributed by atoms with Crippen molar-refractivity contribution in [2.24, 2.45) is 0 Å². The standard InChI is InChI=1S/C19H24OSi/c1-21(2,3)15-14-19(18-12-8-5-9-13-18)20-16-17-10-6-4-7-11-17/h4-15,19H,16H2,1-3H3/b15-14+. The highest BCUT2D eigenvalue weighted by atomic mass is 28.3. The zero-order valence-electron chi connectivity index (χ0n) is 13.1. The molecule has 0 aromatic heterocycles. The Morgan fingerprint density at radius 2 is 1.48 bits per heavy atom. The maximum Gasteiger partial charge on any atom is 0.101 e. The molecule has 2 heteroatoms. The van der Waals surface area contributed by atoms with Crippen LogP contribution in [-0.4, -0.2) is 8.07 Å². The molecule has 2 aromatic carbocycles. The molecule has 0 spiro atoms. The molecule has 0 N–H and O–H groups in total. The molecular formula is C19H24OSi. The van der Waals surface area contributed by atoms with Gasteiger partial charge in [0.05, 0.1) is 14.7 Å². The molecule has 2 aromatic rings. The van der Waals surface area contributed by atoms with E-state index in [0.29, 0.717) is 6.61 Å². The van der Waals surface area contributed by atoms with Crippen LogP contribution in [0.15, 0.2) is 72.4 Å². The number of rotatable bonds is 6. The average molecular weight is 296 g/mol. The maximum absolute atomic E-state index is 6.15. The first-order chi connectivity index (χ1) is 10.0. The molecule has 110 valence electrons. The Bertz CT molecular complexity index is 555. The Hall–Kier alpha value is -1.64. The van der Waals surface area contributed by atoms with Gasteiger partial charge in [-0.05, 0) is 11.1 Å². The highest BCUT2D eigenvalue weighted by Gasteiger charge is 2.12. The normalized spacial score (nSPS) is 13.5. The summed E-state index contributed by atoms with van der Waals surface area (Å²) in [5, 5.41) is 0. The van der Waals surface area contributed by atoms with Crippen LogP contribution >= 0.6 is 0 Å². The lowest BCUT2D eigenvalue weighted by Gasteiger charge is -2.17. The third-order valence-electron chi connectivity index (χ3n) is 3.17. The summed E-state index contributed by atoms with van der Waals surface area (Å²) in [6.45, 7) is 7.64. The van der Waals surface area contributed by atoms with Gasteiger partial charge in [0.15, 0.2) is 0 Å². The van der Waals surface area contributed by atoms with E-state index in [1.54, 1.807) is 0 Å². The number of hydrogen-bond donors (Lipinski definition) is 0. The maximum atomic E-state index is 6.15. The van der Waals surface area contributed by atoms with Crippen LogP contribution in [0.3, 0.4) is 0 Å². The van der Waals surface area contributed by atoms with Crippen LogP contribution in [0.2, 0.25) is 19.6 Å². The molecule has 0 saturated heterocycles. The Kier molecular flexibility index (Phi) is 5.54. The topological polar surface area (TPSA) is 9.23 Å². The van der Waals surface area contributed by atoms with Gasteiger partial charge in [0.25, 0.3) is 0 Å². The monoisotopic (exact) mass is 296 g/mol. The van der Waals surface area contributed by atoms with Crippen molar-refractivity contribution in [2.45, 2.75) is 32.4 Å². The van der Waals surface area contributed by atoms with Crippen molar-refractivity contribution < 1.29 is 4.74 Å². The molecule has 0 radical (unpaired) electrons. The average Bonchev–Trinajstić information content (AvgIpc) is 2.48. The van der Waals surface area contributed by atoms with E-state index in [9.17, 15) is 0 Å². The minimum atomic E-state index is -1.22. The summed E-state index contributed by atoms with van der Waals surface area (Å²) in [7, 11) is -1.22. The molecule has 2 rings (SSSR count). The summed E-state index contributed by atoms with van der Waals surface area (Å²) in [5.74, 6) is 0. The second-order valence-electron chi connectivity index (χ2n) is 6.35. The van der Waals surface area contributed by atoms with Crippen LogP contribution < -0.4 is 0 Å². The minimum Gasteiger partial charge on any atom is -0.365 e. The summed E-state index contributed by atoms with van der Waals surface area (Å²) >= 11 is 0. The largest absolute Gasteiger partial charge is 0.365 e. The zero-order chi connectivity index (χ0) is 15.1. The molecule has 0 amide bonds. The molecular weight excluding hydrogens is 272 g/mol. The SMILES string of the molecule is C[Si](C)(C)/C=C/C(OCc1ccccc1)c1ccccc1. The quantitative estimate of drug-likeness (QED) is 0.650. The van der Waals surface area contributed by atoms with Gasteiger partial charge in [-0.3, -0.25) is 0 Å². The van der Waals surface area contributed by atoms with E-state index in [1.807, 2.05) is 24.3 Å². The summed E-state index contributed by atoms with van der Waals surface area (Å²) in [5.41, 5.74) is 4.78. The second-order valence-corrected chi connectivity index (χ2v) is 11.4. The van der Waals surface area contributed by atoms with E-state index >= 15 is 0 Å². The van der Waals surface area contributed by atoms with Crippen LogP contribution in [-0.2, 0) is 11.3 Å². The van der Waals surface area contributed by atoms with Crippen molar-refractivity contribution in [3.8, 4) is 0 Å². The molecule has 0 fully saturated rings. The number of ether oxygens (including phenoxy) is 1. The number of benzene rings is 2. The van der Waals surface area contributed by atoms with E-state index in [-0.39, 0.29) is 6.10 Å².